The monoisotopic (exact) mass is 461 g/mol. The number of carbonyl (C=O) groups excluding carboxylic acids is 2. The van der Waals surface area contributed by atoms with Crippen LogP contribution in [0.1, 0.15) is 21.0 Å². The molecule has 33 heavy (non-hydrogen) atoms. The summed E-state index contributed by atoms with van der Waals surface area (Å²) < 4.78 is 10.4. The van der Waals surface area contributed by atoms with E-state index in [9.17, 15) is 9.59 Å². The second kappa shape index (κ2) is 10.1. The van der Waals surface area contributed by atoms with Crippen molar-refractivity contribution < 1.29 is 18.7 Å². The largest absolute Gasteiger partial charge is 0.497 e. The molecule has 0 aliphatic carbocycles. The van der Waals surface area contributed by atoms with Crippen LogP contribution in [0.3, 0.4) is 0 Å². The molecule has 0 spiro atoms. The molecule has 2 heterocycles. The van der Waals surface area contributed by atoms with E-state index in [4.69, 9.17) is 9.15 Å². The third-order valence-electron chi connectivity index (χ3n) is 5.04. The van der Waals surface area contributed by atoms with Gasteiger partial charge in [0.15, 0.2) is 10.9 Å². The molecule has 0 saturated carbocycles. The van der Waals surface area contributed by atoms with Gasteiger partial charge >= 0.3 is 0 Å². The second-order valence-electron chi connectivity index (χ2n) is 7.33. The lowest BCUT2D eigenvalue weighted by Gasteiger charge is -2.17. The lowest BCUT2D eigenvalue weighted by molar-refractivity contribution is -0.118. The third-order valence-corrected chi connectivity index (χ3v) is 5.93. The average Bonchev–Trinajstić information content (AvgIpc) is 3.49. The zero-order valence-electron chi connectivity index (χ0n) is 18.2. The van der Waals surface area contributed by atoms with Crippen LogP contribution in [0.15, 0.2) is 77.4 Å². The molecule has 4 rings (SSSR count). The number of methoxy groups -OCH3 is 1. The van der Waals surface area contributed by atoms with Gasteiger partial charge in [-0.2, -0.15) is 0 Å². The Morgan fingerprint density at radius 3 is 2.48 bits per heavy atom. The van der Waals surface area contributed by atoms with Crippen LogP contribution >= 0.6 is 11.3 Å². The predicted molar refractivity (Wildman–Crippen MR) is 128 cm³/mol. The van der Waals surface area contributed by atoms with Crippen LogP contribution in [0.2, 0.25) is 0 Å². The van der Waals surface area contributed by atoms with Crippen molar-refractivity contribution in [3.8, 4) is 17.0 Å². The van der Waals surface area contributed by atoms with E-state index in [1.54, 1.807) is 19.2 Å². The van der Waals surface area contributed by atoms with Gasteiger partial charge in [-0.3, -0.25) is 9.59 Å². The van der Waals surface area contributed by atoms with Crippen LogP contribution in [0.5, 0.6) is 5.75 Å². The molecule has 0 bridgehead atoms. The van der Waals surface area contributed by atoms with Crippen LogP contribution in [-0.4, -0.2) is 29.9 Å². The quantitative estimate of drug-likeness (QED) is 0.397. The highest BCUT2D eigenvalue weighted by Crippen LogP contribution is 2.31. The first-order chi connectivity index (χ1) is 16.0. The lowest BCUT2D eigenvalue weighted by Crippen LogP contribution is -2.45. The molecule has 2 amide bonds. The van der Waals surface area contributed by atoms with E-state index in [0.29, 0.717) is 11.6 Å². The van der Waals surface area contributed by atoms with E-state index in [1.165, 1.54) is 17.6 Å². The summed E-state index contributed by atoms with van der Waals surface area (Å²) in [4.78, 5) is 31.3. The molecule has 0 saturated heterocycles. The van der Waals surface area contributed by atoms with Gasteiger partial charge in [-0.05, 0) is 48.9 Å². The number of nitrogens with zero attached hydrogens (tertiary/aromatic N) is 1. The number of amides is 2. The maximum atomic E-state index is 13.2. The first kappa shape index (κ1) is 22.3. The van der Waals surface area contributed by atoms with E-state index < -0.39 is 11.9 Å². The maximum absolute atomic E-state index is 13.2. The molecule has 8 heteroatoms. The molecule has 2 aromatic carbocycles. The van der Waals surface area contributed by atoms with Gasteiger partial charge < -0.3 is 19.8 Å². The molecule has 0 radical (unpaired) electrons. The SMILES string of the molecule is COc1ccc(-c2nc(NC(=O)C(Cc3ccccc3)NC(=O)c3ccco3)sc2C)cc1. The van der Waals surface area contributed by atoms with Crippen molar-refractivity contribution in [2.24, 2.45) is 0 Å². The topological polar surface area (TPSA) is 93.5 Å². The van der Waals surface area contributed by atoms with E-state index in [2.05, 4.69) is 15.6 Å². The van der Waals surface area contributed by atoms with Crippen LogP contribution in [-0.2, 0) is 11.2 Å². The molecule has 0 fully saturated rings. The van der Waals surface area contributed by atoms with Gasteiger partial charge in [0, 0.05) is 16.9 Å². The summed E-state index contributed by atoms with van der Waals surface area (Å²) in [6, 6.07) is 19.5. The number of hydrogen-bond donors (Lipinski definition) is 2. The maximum Gasteiger partial charge on any atom is 0.287 e. The molecule has 1 unspecified atom stereocenters. The normalized spacial score (nSPS) is 11.6. The Morgan fingerprint density at radius 1 is 1.06 bits per heavy atom. The highest BCUT2D eigenvalue weighted by molar-refractivity contribution is 7.16. The van der Waals surface area contributed by atoms with Crippen molar-refractivity contribution in [3.63, 3.8) is 0 Å². The Kier molecular flexibility index (Phi) is 6.85. The summed E-state index contributed by atoms with van der Waals surface area (Å²) in [6.07, 6.45) is 1.75. The molecule has 7 nitrogen and oxygen atoms in total. The Labute approximate surface area is 195 Å². The van der Waals surface area contributed by atoms with Gasteiger partial charge in [-0.15, -0.1) is 11.3 Å². The van der Waals surface area contributed by atoms with Gasteiger partial charge in [0.25, 0.3) is 5.91 Å². The minimum atomic E-state index is -0.807. The van der Waals surface area contributed by atoms with E-state index >= 15 is 0 Å². The van der Waals surface area contributed by atoms with Crippen LogP contribution in [0.25, 0.3) is 11.3 Å². The molecule has 4 aromatic rings. The van der Waals surface area contributed by atoms with Crippen molar-refractivity contribution in [3.05, 3.63) is 89.2 Å². The molecular formula is C25H23N3O4S. The summed E-state index contributed by atoms with van der Waals surface area (Å²) in [5.74, 6) is 0.100. The molecule has 2 aromatic heterocycles. The molecular weight excluding hydrogens is 438 g/mol. The Bertz CT molecular complexity index is 1220. The van der Waals surface area contributed by atoms with Gasteiger partial charge in [0.05, 0.1) is 19.1 Å². The van der Waals surface area contributed by atoms with Crippen molar-refractivity contribution in [1.82, 2.24) is 10.3 Å². The third kappa shape index (κ3) is 5.48. The number of benzene rings is 2. The van der Waals surface area contributed by atoms with Crippen molar-refractivity contribution in [2.75, 3.05) is 12.4 Å². The van der Waals surface area contributed by atoms with E-state index in [1.807, 2.05) is 61.5 Å². The predicted octanol–water partition coefficient (Wildman–Crippen LogP) is 4.70. The fourth-order valence-corrected chi connectivity index (χ4v) is 4.19. The van der Waals surface area contributed by atoms with Crippen molar-refractivity contribution in [2.45, 2.75) is 19.4 Å². The number of rotatable bonds is 8. The minimum absolute atomic E-state index is 0.146. The molecule has 168 valence electrons. The van der Waals surface area contributed by atoms with E-state index in [-0.39, 0.29) is 11.7 Å². The first-order valence-electron chi connectivity index (χ1n) is 10.3. The van der Waals surface area contributed by atoms with Crippen LogP contribution < -0.4 is 15.4 Å². The van der Waals surface area contributed by atoms with Crippen LogP contribution in [0.4, 0.5) is 5.13 Å². The van der Waals surface area contributed by atoms with Crippen LogP contribution in [0, 0.1) is 6.92 Å². The fourth-order valence-electron chi connectivity index (χ4n) is 3.36. The van der Waals surface area contributed by atoms with Crippen molar-refractivity contribution in [1.29, 1.82) is 0 Å². The number of hydrogen-bond acceptors (Lipinski definition) is 6. The number of ether oxygens (including phenoxy) is 1. The Balaban J connectivity index is 1.52. The summed E-state index contributed by atoms with van der Waals surface area (Å²) in [5, 5.41) is 6.10. The fraction of sp³-hybridized carbons (Fsp3) is 0.160. The smallest absolute Gasteiger partial charge is 0.287 e. The zero-order chi connectivity index (χ0) is 23.2. The average molecular weight is 462 g/mol. The van der Waals surface area contributed by atoms with Crippen molar-refractivity contribution >= 4 is 28.3 Å². The standard InChI is InChI=1S/C25H23N3O4S/c1-16-22(18-10-12-19(31-2)13-11-18)27-25(33-16)28-23(29)20(15-17-7-4-3-5-8-17)26-24(30)21-9-6-14-32-21/h3-14,20H,15H2,1-2H3,(H,26,30)(H,27,28,29). The second-order valence-corrected chi connectivity index (χ2v) is 8.54. The molecule has 2 N–H and O–H groups in total. The number of carbonyl (C=O) groups is 2. The Hall–Kier alpha value is -3.91. The highest BCUT2D eigenvalue weighted by Gasteiger charge is 2.24. The molecule has 0 aliphatic heterocycles. The summed E-state index contributed by atoms with van der Waals surface area (Å²) in [6.45, 7) is 1.95. The van der Waals surface area contributed by atoms with E-state index in [0.717, 1.165) is 27.4 Å². The summed E-state index contributed by atoms with van der Waals surface area (Å²) in [7, 11) is 1.62. The van der Waals surface area contributed by atoms with Gasteiger partial charge in [-0.1, -0.05) is 30.3 Å². The van der Waals surface area contributed by atoms with Gasteiger partial charge in [0.1, 0.15) is 11.8 Å². The summed E-state index contributed by atoms with van der Waals surface area (Å²) >= 11 is 1.38. The minimum Gasteiger partial charge on any atom is -0.497 e. The first-order valence-corrected chi connectivity index (χ1v) is 11.2. The molecule has 1 atom stereocenters. The number of thiazole rings is 1. The number of aromatic nitrogens is 1. The van der Waals surface area contributed by atoms with Gasteiger partial charge in [-0.25, -0.2) is 4.98 Å². The lowest BCUT2D eigenvalue weighted by atomic mass is 10.1. The summed E-state index contributed by atoms with van der Waals surface area (Å²) in [5.41, 5.74) is 2.64. The number of anilines is 1. The molecule has 0 aliphatic rings. The number of furan rings is 1. The highest BCUT2D eigenvalue weighted by atomic mass is 32.1. The van der Waals surface area contributed by atoms with Gasteiger partial charge in [0.2, 0.25) is 5.91 Å². The Morgan fingerprint density at radius 2 is 1.82 bits per heavy atom. The number of nitrogens with one attached hydrogen (secondary N) is 2. The number of aryl methyl sites for hydroxylation is 1. The zero-order valence-corrected chi connectivity index (χ0v) is 19.0.